The first-order chi connectivity index (χ1) is 13.4. The van der Waals surface area contributed by atoms with E-state index in [1.54, 1.807) is 0 Å². The van der Waals surface area contributed by atoms with Gasteiger partial charge in [-0.1, -0.05) is 30.0 Å². The Morgan fingerprint density at radius 3 is 2.61 bits per heavy atom. The minimum absolute atomic E-state index is 0.0244. The maximum absolute atomic E-state index is 12.7. The maximum atomic E-state index is 12.7. The van der Waals surface area contributed by atoms with Gasteiger partial charge in [0.1, 0.15) is 22.5 Å². The summed E-state index contributed by atoms with van der Waals surface area (Å²) in [6, 6.07) is 12.0. The zero-order valence-corrected chi connectivity index (χ0v) is 16.1. The van der Waals surface area contributed by atoms with E-state index in [1.807, 2.05) is 42.3 Å². The molecule has 0 saturated carbocycles. The van der Waals surface area contributed by atoms with Gasteiger partial charge in [0.25, 0.3) is 0 Å². The average Bonchev–Trinajstić information content (AvgIpc) is 2.63. The summed E-state index contributed by atoms with van der Waals surface area (Å²) in [6.45, 7) is 1.20. The standard InChI is InChI=1S/C21H21NO5S/c1-22-8-7-13(17(26)11-22)19-14(23)9-15(24)20-16(25)10-18(27-21(19)20)28-12-5-3-2-4-6-12/h2-6,9-10,13,17,23-24,26H,7-8,11H2,1H3/t13-,17+/m1/s1. The number of nitrogens with zero attached hydrogens (tertiary/aromatic N) is 1. The number of phenols is 2. The first-order valence-corrected chi connectivity index (χ1v) is 9.88. The molecule has 0 radical (unpaired) electrons. The fourth-order valence-electron chi connectivity index (χ4n) is 3.74. The molecule has 28 heavy (non-hydrogen) atoms. The summed E-state index contributed by atoms with van der Waals surface area (Å²) in [6.07, 6.45) is -0.113. The summed E-state index contributed by atoms with van der Waals surface area (Å²) in [7, 11) is 1.92. The van der Waals surface area contributed by atoms with Crippen molar-refractivity contribution < 1.29 is 19.7 Å². The Morgan fingerprint density at radius 2 is 1.89 bits per heavy atom. The van der Waals surface area contributed by atoms with Gasteiger partial charge in [0, 0.05) is 35.1 Å². The Labute approximate surface area is 166 Å². The van der Waals surface area contributed by atoms with Crippen LogP contribution in [0, 0.1) is 0 Å². The number of hydrogen-bond acceptors (Lipinski definition) is 7. The molecule has 1 aliphatic heterocycles. The van der Waals surface area contributed by atoms with Gasteiger partial charge in [0.15, 0.2) is 10.5 Å². The van der Waals surface area contributed by atoms with Gasteiger partial charge < -0.3 is 24.6 Å². The number of aliphatic hydroxyl groups is 1. The van der Waals surface area contributed by atoms with Gasteiger partial charge in [-0.25, -0.2) is 0 Å². The van der Waals surface area contributed by atoms with E-state index in [1.165, 1.54) is 17.8 Å². The third-order valence-electron chi connectivity index (χ3n) is 5.09. The Morgan fingerprint density at radius 1 is 1.14 bits per heavy atom. The van der Waals surface area contributed by atoms with Crippen LogP contribution in [-0.4, -0.2) is 46.5 Å². The van der Waals surface area contributed by atoms with Crippen LogP contribution in [-0.2, 0) is 0 Å². The molecule has 6 nitrogen and oxygen atoms in total. The van der Waals surface area contributed by atoms with Gasteiger partial charge in [0.2, 0.25) is 0 Å². The Kier molecular flexibility index (Phi) is 5.05. The van der Waals surface area contributed by atoms with E-state index in [0.29, 0.717) is 23.6 Å². The highest BCUT2D eigenvalue weighted by atomic mass is 32.2. The molecule has 0 unspecified atom stereocenters. The lowest BCUT2D eigenvalue weighted by atomic mass is 9.85. The summed E-state index contributed by atoms with van der Waals surface area (Å²) >= 11 is 1.28. The van der Waals surface area contributed by atoms with Crippen molar-refractivity contribution in [3.05, 3.63) is 58.3 Å². The van der Waals surface area contributed by atoms with Crippen molar-refractivity contribution >= 4 is 22.7 Å². The fraction of sp³-hybridized carbons (Fsp3) is 0.286. The van der Waals surface area contributed by atoms with Gasteiger partial charge in [0.05, 0.1) is 6.10 Å². The number of likely N-dealkylation sites (N-methyl/N-ethyl adjacent to an activating group) is 1. The van der Waals surface area contributed by atoms with Gasteiger partial charge >= 0.3 is 0 Å². The zero-order chi connectivity index (χ0) is 19.8. The molecular formula is C21H21NO5S. The third kappa shape index (κ3) is 3.48. The van der Waals surface area contributed by atoms with E-state index in [9.17, 15) is 20.1 Å². The molecule has 2 heterocycles. The van der Waals surface area contributed by atoms with Crippen LogP contribution in [0.25, 0.3) is 11.0 Å². The molecule has 0 bridgehead atoms. The van der Waals surface area contributed by atoms with E-state index in [-0.39, 0.29) is 33.8 Å². The molecule has 0 aliphatic carbocycles. The van der Waals surface area contributed by atoms with E-state index in [4.69, 9.17) is 4.42 Å². The zero-order valence-electron chi connectivity index (χ0n) is 15.3. The molecule has 7 heteroatoms. The van der Waals surface area contributed by atoms with Crippen molar-refractivity contribution in [1.29, 1.82) is 0 Å². The fourth-order valence-corrected chi connectivity index (χ4v) is 4.56. The Balaban J connectivity index is 1.88. The summed E-state index contributed by atoms with van der Waals surface area (Å²) < 4.78 is 5.99. The molecular weight excluding hydrogens is 378 g/mol. The number of aliphatic hydroxyl groups excluding tert-OH is 1. The van der Waals surface area contributed by atoms with Crippen LogP contribution in [0.5, 0.6) is 11.5 Å². The number of rotatable bonds is 3. The van der Waals surface area contributed by atoms with Crippen molar-refractivity contribution in [3.8, 4) is 11.5 Å². The lowest BCUT2D eigenvalue weighted by molar-refractivity contribution is 0.0630. The summed E-state index contributed by atoms with van der Waals surface area (Å²) in [4.78, 5) is 15.6. The first kappa shape index (κ1) is 18.9. The average molecular weight is 399 g/mol. The number of aromatic hydroxyl groups is 2. The lowest BCUT2D eigenvalue weighted by Crippen LogP contribution is -2.40. The van der Waals surface area contributed by atoms with Crippen LogP contribution < -0.4 is 5.43 Å². The number of phenolic OH excluding ortho intramolecular Hbond substituents is 2. The van der Waals surface area contributed by atoms with Crippen LogP contribution in [0.2, 0.25) is 0 Å². The number of β-amino-alcohol motifs (C(OH)–C–C–N with tert-alkyl or cyclic N) is 1. The van der Waals surface area contributed by atoms with Gasteiger partial charge in [-0.15, -0.1) is 0 Å². The number of likely N-dealkylation sites (tertiary alicyclic amines) is 1. The van der Waals surface area contributed by atoms with Crippen molar-refractivity contribution in [1.82, 2.24) is 4.90 Å². The quantitative estimate of drug-likeness (QED) is 0.623. The van der Waals surface area contributed by atoms with E-state index in [2.05, 4.69) is 0 Å². The molecule has 3 aromatic rings. The number of hydrogen-bond donors (Lipinski definition) is 3. The van der Waals surface area contributed by atoms with Crippen LogP contribution in [0.15, 0.2) is 61.7 Å². The summed E-state index contributed by atoms with van der Waals surface area (Å²) in [5, 5.41) is 31.8. The van der Waals surface area contributed by atoms with Crippen molar-refractivity contribution in [2.75, 3.05) is 20.1 Å². The third-order valence-corrected chi connectivity index (χ3v) is 6.00. The normalized spacial score (nSPS) is 20.5. The monoisotopic (exact) mass is 399 g/mol. The SMILES string of the molecule is CN1CC[C@@H](c2c(O)cc(O)c3c(=O)cc(Sc4ccccc4)oc23)[C@@H](O)C1. The van der Waals surface area contributed by atoms with Crippen LogP contribution >= 0.6 is 11.8 Å². The van der Waals surface area contributed by atoms with E-state index < -0.39 is 6.10 Å². The van der Waals surface area contributed by atoms with E-state index in [0.717, 1.165) is 17.5 Å². The summed E-state index contributed by atoms with van der Waals surface area (Å²) in [5.74, 6) is -0.897. The van der Waals surface area contributed by atoms with Crippen LogP contribution in [0.1, 0.15) is 17.9 Å². The topological polar surface area (TPSA) is 94.1 Å². The molecule has 1 saturated heterocycles. The first-order valence-electron chi connectivity index (χ1n) is 9.06. The molecule has 146 valence electrons. The molecule has 0 amide bonds. The van der Waals surface area contributed by atoms with Gasteiger partial charge in [-0.2, -0.15) is 0 Å². The van der Waals surface area contributed by atoms with Crippen molar-refractivity contribution in [2.24, 2.45) is 0 Å². The minimum Gasteiger partial charge on any atom is -0.507 e. The Hall–Kier alpha value is -2.48. The predicted molar refractivity (Wildman–Crippen MR) is 107 cm³/mol. The minimum atomic E-state index is -0.715. The Bertz CT molecular complexity index is 1070. The van der Waals surface area contributed by atoms with Crippen LogP contribution in [0.3, 0.4) is 0 Å². The highest BCUT2D eigenvalue weighted by Gasteiger charge is 2.33. The van der Waals surface area contributed by atoms with Crippen molar-refractivity contribution in [3.63, 3.8) is 0 Å². The molecule has 1 aromatic heterocycles. The number of fused-ring (bicyclic) bond motifs is 1. The molecule has 3 N–H and O–H groups in total. The van der Waals surface area contributed by atoms with Gasteiger partial charge in [-0.3, -0.25) is 4.79 Å². The highest BCUT2D eigenvalue weighted by molar-refractivity contribution is 7.99. The second-order valence-electron chi connectivity index (χ2n) is 7.10. The molecule has 2 aromatic carbocycles. The molecule has 2 atom stereocenters. The highest BCUT2D eigenvalue weighted by Crippen LogP contribution is 2.42. The van der Waals surface area contributed by atoms with E-state index >= 15 is 0 Å². The lowest BCUT2D eigenvalue weighted by Gasteiger charge is -2.34. The second-order valence-corrected chi connectivity index (χ2v) is 8.18. The molecule has 0 spiro atoms. The smallest absolute Gasteiger partial charge is 0.197 e. The predicted octanol–water partition coefficient (Wildman–Crippen LogP) is 3.14. The molecule has 1 fully saturated rings. The number of piperidine rings is 1. The van der Waals surface area contributed by atoms with Gasteiger partial charge in [-0.05, 0) is 32.1 Å². The van der Waals surface area contributed by atoms with Crippen molar-refractivity contribution in [2.45, 2.75) is 28.4 Å². The summed E-state index contributed by atoms with van der Waals surface area (Å²) in [5.41, 5.74) is 0.124. The largest absolute Gasteiger partial charge is 0.507 e. The molecule has 4 rings (SSSR count). The molecule has 1 aliphatic rings. The number of benzene rings is 2. The second kappa shape index (κ2) is 7.50. The van der Waals surface area contributed by atoms with Crippen LogP contribution in [0.4, 0.5) is 0 Å². The maximum Gasteiger partial charge on any atom is 0.197 e.